The van der Waals surface area contributed by atoms with Gasteiger partial charge in [-0.3, -0.25) is 4.79 Å². The van der Waals surface area contributed by atoms with Crippen LogP contribution in [0.4, 0.5) is 0 Å². The van der Waals surface area contributed by atoms with Gasteiger partial charge in [0.2, 0.25) is 0 Å². The number of carboxylic acids is 1. The lowest BCUT2D eigenvalue weighted by molar-refractivity contribution is 0.0693. The van der Waals surface area contributed by atoms with E-state index in [4.69, 9.17) is 4.74 Å². The maximum absolute atomic E-state index is 12.2. The molecular weight excluding hydrogens is 296 g/mol. The summed E-state index contributed by atoms with van der Waals surface area (Å²) in [5.74, 6) is -0.343. The van der Waals surface area contributed by atoms with Crippen molar-refractivity contribution >= 4 is 5.97 Å². The molecule has 0 saturated heterocycles. The van der Waals surface area contributed by atoms with Crippen molar-refractivity contribution in [3.05, 3.63) is 46.2 Å². The molecule has 0 aliphatic carbocycles. The van der Waals surface area contributed by atoms with Gasteiger partial charge in [0.05, 0.1) is 12.3 Å². The lowest BCUT2D eigenvalue weighted by Gasteiger charge is -2.11. The molecule has 0 aliphatic rings. The number of benzene rings is 1. The first-order valence-electron chi connectivity index (χ1n) is 7.51. The van der Waals surface area contributed by atoms with Crippen molar-refractivity contribution in [2.24, 2.45) is 5.92 Å². The highest BCUT2D eigenvalue weighted by Crippen LogP contribution is 2.21. The van der Waals surface area contributed by atoms with Crippen molar-refractivity contribution in [3.8, 4) is 17.0 Å². The van der Waals surface area contributed by atoms with Gasteiger partial charge >= 0.3 is 5.97 Å². The molecule has 0 aliphatic heterocycles. The number of carboxylic acid groups (broad SMARTS) is 1. The first kappa shape index (κ1) is 16.7. The molecule has 0 fully saturated rings. The van der Waals surface area contributed by atoms with Gasteiger partial charge in [0.1, 0.15) is 11.3 Å². The minimum atomic E-state index is -1.25. The third-order valence-electron chi connectivity index (χ3n) is 3.20. The quantitative estimate of drug-likeness (QED) is 0.886. The van der Waals surface area contributed by atoms with E-state index in [-0.39, 0.29) is 11.5 Å². The number of aromatic carboxylic acids is 1. The van der Waals surface area contributed by atoms with Gasteiger partial charge in [0.25, 0.3) is 5.56 Å². The van der Waals surface area contributed by atoms with Crippen LogP contribution in [-0.2, 0) is 6.54 Å². The lowest BCUT2D eigenvalue weighted by Crippen LogP contribution is -2.30. The van der Waals surface area contributed by atoms with Gasteiger partial charge in [-0.1, -0.05) is 13.8 Å². The number of nitrogens with zero attached hydrogens (tertiary/aromatic N) is 2. The van der Waals surface area contributed by atoms with E-state index in [1.165, 1.54) is 10.7 Å². The van der Waals surface area contributed by atoms with Crippen molar-refractivity contribution < 1.29 is 14.6 Å². The summed E-state index contributed by atoms with van der Waals surface area (Å²) < 4.78 is 6.61. The highest BCUT2D eigenvalue weighted by atomic mass is 16.5. The predicted octanol–water partition coefficient (Wildman–Crippen LogP) is 2.66. The van der Waals surface area contributed by atoms with E-state index >= 15 is 0 Å². The standard InChI is InChI=1S/C17H20N2O4/c1-4-23-13-7-5-12(6-8-13)15-9-14(17(21)22)16(20)19(18-15)10-11(2)3/h5-9,11H,4,10H2,1-3H3,(H,21,22). The molecule has 122 valence electrons. The SMILES string of the molecule is CCOc1ccc(-c2cc(C(=O)O)c(=O)n(CC(C)C)n2)cc1. The number of rotatable bonds is 6. The van der Waals surface area contributed by atoms with Gasteiger partial charge in [0, 0.05) is 12.1 Å². The second kappa shape index (κ2) is 7.09. The van der Waals surface area contributed by atoms with Crippen molar-refractivity contribution in [1.82, 2.24) is 9.78 Å². The lowest BCUT2D eigenvalue weighted by atomic mass is 10.1. The second-order valence-electron chi connectivity index (χ2n) is 5.59. The Morgan fingerprint density at radius 3 is 2.48 bits per heavy atom. The Morgan fingerprint density at radius 2 is 1.96 bits per heavy atom. The highest BCUT2D eigenvalue weighted by molar-refractivity contribution is 5.88. The highest BCUT2D eigenvalue weighted by Gasteiger charge is 2.16. The normalized spacial score (nSPS) is 10.8. The first-order valence-corrected chi connectivity index (χ1v) is 7.51. The number of carbonyl (C=O) groups is 1. The fraction of sp³-hybridized carbons (Fsp3) is 0.353. The Hall–Kier alpha value is -2.63. The molecule has 2 aromatic rings. The molecule has 1 aromatic heterocycles. The summed E-state index contributed by atoms with van der Waals surface area (Å²) in [5.41, 5.74) is 0.324. The molecule has 6 nitrogen and oxygen atoms in total. The van der Waals surface area contributed by atoms with Gasteiger partial charge in [-0.2, -0.15) is 5.10 Å². The summed E-state index contributed by atoms with van der Waals surface area (Å²) in [4.78, 5) is 23.5. The monoisotopic (exact) mass is 316 g/mol. The Labute approximate surface area is 134 Å². The van der Waals surface area contributed by atoms with Crippen LogP contribution in [0.2, 0.25) is 0 Å². The molecule has 0 saturated carbocycles. The number of ether oxygens (including phenoxy) is 1. The van der Waals surface area contributed by atoms with Gasteiger partial charge < -0.3 is 9.84 Å². The van der Waals surface area contributed by atoms with Crippen LogP contribution in [0.25, 0.3) is 11.3 Å². The molecule has 0 amide bonds. The average Bonchev–Trinajstić information content (AvgIpc) is 2.49. The van der Waals surface area contributed by atoms with Crippen molar-refractivity contribution in [2.75, 3.05) is 6.61 Å². The molecule has 0 bridgehead atoms. The average molecular weight is 316 g/mol. The zero-order valence-electron chi connectivity index (χ0n) is 13.4. The van der Waals surface area contributed by atoms with Gasteiger partial charge in [-0.05, 0) is 43.2 Å². The van der Waals surface area contributed by atoms with Crippen molar-refractivity contribution in [3.63, 3.8) is 0 Å². The van der Waals surface area contributed by atoms with Crippen molar-refractivity contribution in [2.45, 2.75) is 27.3 Å². The topological polar surface area (TPSA) is 81.4 Å². The summed E-state index contributed by atoms with van der Waals surface area (Å²) in [5, 5.41) is 13.5. The van der Waals surface area contributed by atoms with E-state index in [1.54, 1.807) is 24.3 Å². The second-order valence-corrected chi connectivity index (χ2v) is 5.59. The fourth-order valence-corrected chi connectivity index (χ4v) is 2.19. The molecule has 23 heavy (non-hydrogen) atoms. The van der Waals surface area contributed by atoms with Crippen LogP contribution >= 0.6 is 0 Å². The summed E-state index contributed by atoms with van der Waals surface area (Å²) in [6.07, 6.45) is 0. The van der Waals surface area contributed by atoms with Gasteiger partial charge in [-0.25, -0.2) is 9.48 Å². The van der Waals surface area contributed by atoms with E-state index in [1.807, 2.05) is 20.8 Å². The summed E-state index contributed by atoms with van der Waals surface area (Å²) in [6.45, 7) is 6.72. The zero-order chi connectivity index (χ0) is 17.0. The first-order chi connectivity index (χ1) is 10.9. The summed E-state index contributed by atoms with van der Waals surface area (Å²) >= 11 is 0. The van der Waals surface area contributed by atoms with Gasteiger partial charge in [-0.15, -0.1) is 0 Å². The Bertz CT molecular complexity index is 748. The Morgan fingerprint density at radius 1 is 1.30 bits per heavy atom. The van der Waals surface area contributed by atoms with E-state index in [9.17, 15) is 14.7 Å². The van der Waals surface area contributed by atoms with Gasteiger partial charge in [0.15, 0.2) is 0 Å². The Kier molecular flexibility index (Phi) is 5.16. The molecule has 6 heteroatoms. The largest absolute Gasteiger partial charge is 0.494 e. The number of aromatic nitrogens is 2. The van der Waals surface area contributed by atoms with Crippen molar-refractivity contribution in [1.29, 1.82) is 0 Å². The summed E-state index contributed by atoms with van der Waals surface area (Å²) in [6, 6.07) is 8.49. The molecule has 1 aromatic carbocycles. The molecule has 2 rings (SSSR count). The molecule has 1 heterocycles. The fourth-order valence-electron chi connectivity index (χ4n) is 2.19. The van der Waals surface area contributed by atoms with Crippen LogP contribution in [0.3, 0.4) is 0 Å². The van der Waals surface area contributed by atoms with E-state index < -0.39 is 11.5 Å². The Balaban J connectivity index is 2.50. The maximum Gasteiger partial charge on any atom is 0.341 e. The molecule has 0 spiro atoms. The van der Waals surface area contributed by atoms with Crippen LogP contribution in [0, 0.1) is 5.92 Å². The molecule has 1 N–H and O–H groups in total. The molecule has 0 atom stereocenters. The van der Waals surface area contributed by atoms with Crippen LogP contribution in [0.5, 0.6) is 5.75 Å². The van der Waals surface area contributed by atoms with E-state index in [0.717, 1.165) is 11.3 Å². The molecule has 0 radical (unpaired) electrons. The van der Waals surface area contributed by atoms with Crippen LogP contribution in [-0.4, -0.2) is 27.5 Å². The van der Waals surface area contributed by atoms with E-state index in [0.29, 0.717) is 18.8 Å². The third kappa shape index (κ3) is 3.97. The maximum atomic E-state index is 12.2. The third-order valence-corrected chi connectivity index (χ3v) is 3.20. The minimum Gasteiger partial charge on any atom is -0.494 e. The number of hydrogen-bond acceptors (Lipinski definition) is 4. The molecule has 0 unspecified atom stereocenters. The zero-order valence-corrected chi connectivity index (χ0v) is 13.4. The summed E-state index contributed by atoms with van der Waals surface area (Å²) in [7, 11) is 0. The van der Waals surface area contributed by atoms with E-state index in [2.05, 4.69) is 5.10 Å². The minimum absolute atomic E-state index is 0.178. The smallest absolute Gasteiger partial charge is 0.341 e. The molecular formula is C17H20N2O4. The van der Waals surface area contributed by atoms with Crippen LogP contribution < -0.4 is 10.3 Å². The van der Waals surface area contributed by atoms with Crippen LogP contribution in [0.1, 0.15) is 31.1 Å². The number of hydrogen-bond donors (Lipinski definition) is 1. The predicted molar refractivity (Wildman–Crippen MR) is 86.9 cm³/mol. The van der Waals surface area contributed by atoms with Crippen LogP contribution in [0.15, 0.2) is 35.1 Å².